The number of halogens is 1. The molecule has 0 bridgehead atoms. The summed E-state index contributed by atoms with van der Waals surface area (Å²) < 4.78 is 21.1. The molecule has 176 valence electrons. The number of hydrogen-bond acceptors (Lipinski definition) is 6. The number of carbonyl (C=O) groups excluding carboxylic acids is 2. The van der Waals surface area contributed by atoms with Crippen LogP contribution in [0.3, 0.4) is 0 Å². The van der Waals surface area contributed by atoms with Crippen LogP contribution in [0, 0.1) is 0 Å². The molecule has 0 aliphatic carbocycles. The number of methoxy groups -OCH3 is 3. The number of nitrogens with one attached hydrogen (secondary N) is 1. The van der Waals surface area contributed by atoms with Crippen molar-refractivity contribution < 1.29 is 28.5 Å². The van der Waals surface area contributed by atoms with Gasteiger partial charge in [-0.15, -0.1) is 0 Å². The third-order valence-corrected chi connectivity index (χ3v) is 5.12. The fourth-order valence-corrected chi connectivity index (χ4v) is 3.41. The molecule has 0 atom stereocenters. The van der Waals surface area contributed by atoms with Gasteiger partial charge in [-0.3, -0.25) is 4.79 Å². The van der Waals surface area contributed by atoms with Crippen molar-refractivity contribution >= 4 is 40.8 Å². The molecule has 0 spiro atoms. The van der Waals surface area contributed by atoms with Crippen LogP contribution in [0.5, 0.6) is 17.2 Å². The SMILES string of the molecule is COc1cc(OC)c(NC(=O)COC(=O)/C(=C/c2ccccc2OC)c2ccccc2)cc1Cl. The molecule has 3 rings (SSSR count). The van der Waals surface area contributed by atoms with Gasteiger partial charge in [0.05, 0.1) is 37.6 Å². The molecule has 0 radical (unpaired) electrons. The van der Waals surface area contributed by atoms with E-state index in [-0.39, 0.29) is 5.57 Å². The fraction of sp³-hybridized carbons (Fsp3) is 0.154. The number of anilines is 1. The van der Waals surface area contributed by atoms with E-state index in [1.807, 2.05) is 36.4 Å². The number of ether oxygens (including phenoxy) is 4. The number of para-hydroxylation sites is 1. The van der Waals surface area contributed by atoms with Crippen molar-refractivity contribution in [3.63, 3.8) is 0 Å². The van der Waals surface area contributed by atoms with Crippen molar-refractivity contribution in [3.05, 3.63) is 82.9 Å². The maximum absolute atomic E-state index is 13.0. The van der Waals surface area contributed by atoms with Gasteiger partial charge in [-0.1, -0.05) is 60.1 Å². The van der Waals surface area contributed by atoms with Crippen LogP contribution >= 0.6 is 11.6 Å². The van der Waals surface area contributed by atoms with Gasteiger partial charge in [0.1, 0.15) is 17.2 Å². The summed E-state index contributed by atoms with van der Waals surface area (Å²) in [4.78, 5) is 25.5. The van der Waals surface area contributed by atoms with Gasteiger partial charge in [-0.05, 0) is 23.8 Å². The number of esters is 1. The zero-order valence-corrected chi connectivity index (χ0v) is 19.7. The summed E-state index contributed by atoms with van der Waals surface area (Å²) in [6.45, 7) is -0.512. The highest BCUT2D eigenvalue weighted by Gasteiger charge is 2.18. The number of rotatable bonds is 9. The first-order valence-corrected chi connectivity index (χ1v) is 10.6. The quantitative estimate of drug-likeness (QED) is 0.260. The molecule has 0 aliphatic rings. The van der Waals surface area contributed by atoms with Crippen LogP contribution in [-0.2, 0) is 14.3 Å². The van der Waals surface area contributed by atoms with Crippen LogP contribution in [0.2, 0.25) is 5.02 Å². The number of hydrogen-bond donors (Lipinski definition) is 1. The minimum Gasteiger partial charge on any atom is -0.496 e. The summed E-state index contributed by atoms with van der Waals surface area (Å²) in [6, 6.07) is 19.4. The summed E-state index contributed by atoms with van der Waals surface area (Å²) in [5.41, 5.74) is 1.94. The van der Waals surface area contributed by atoms with Gasteiger partial charge < -0.3 is 24.3 Å². The molecule has 0 unspecified atom stereocenters. The van der Waals surface area contributed by atoms with Crippen molar-refractivity contribution in [2.75, 3.05) is 33.3 Å². The van der Waals surface area contributed by atoms with Crippen molar-refractivity contribution in [2.24, 2.45) is 0 Å². The molecule has 0 aliphatic heterocycles. The van der Waals surface area contributed by atoms with Crippen LogP contribution in [0.15, 0.2) is 66.7 Å². The number of amides is 1. The molecule has 0 saturated carbocycles. The molecule has 0 aromatic heterocycles. The van der Waals surface area contributed by atoms with Crippen molar-refractivity contribution in [3.8, 4) is 17.2 Å². The molecule has 3 aromatic carbocycles. The minimum atomic E-state index is -0.660. The van der Waals surface area contributed by atoms with Crippen molar-refractivity contribution in [2.45, 2.75) is 0 Å². The Morgan fingerprint density at radius 1 is 0.853 bits per heavy atom. The smallest absolute Gasteiger partial charge is 0.339 e. The van der Waals surface area contributed by atoms with Crippen molar-refractivity contribution in [1.82, 2.24) is 0 Å². The van der Waals surface area contributed by atoms with Crippen molar-refractivity contribution in [1.29, 1.82) is 0 Å². The molecule has 3 aromatic rings. The lowest BCUT2D eigenvalue weighted by Crippen LogP contribution is -2.21. The molecule has 0 fully saturated rings. The largest absolute Gasteiger partial charge is 0.496 e. The lowest BCUT2D eigenvalue weighted by molar-refractivity contribution is -0.141. The number of benzene rings is 3. The molecule has 1 N–H and O–H groups in total. The Balaban J connectivity index is 1.78. The molecule has 7 nitrogen and oxygen atoms in total. The Labute approximate surface area is 202 Å². The lowest BCUT2D eigenvalue weighted by atomic mass is 10.0. The Kier molecular flexibility index (Phi) is 8.54. The van der Waals surface area contributed by atoms with Gasteiger partial charge in [0.25, 0.3) is 5.91 Å². The Bertz CT molecular complexity index is 1190. The summed E-state index contributed by atoms with van der Waals surface area (Å²) in [5, 5.41) is 2.93. The third kappa shape index (κ3) is 6.08. The normalized spacial score (nSPS) is 10.9. The predicted octanol–water partition coefficient (Wildman–Crippen LogP) is 5.09. The average molecular weight is 482 g/mol. The predicted molar refractivity (Wildman–Crippen MR) is 131 cm³/mol. The lowest BCUT2D eigenvalue weighted by Gasteiger charge is -2.14. The van der Waals surface area contributed by atoms with Gasteiger partial charge in [-0.25, -0.2) is 4.79 Å². The van der Waals surface area contributed by atoms with Gasteiger partial charge in [0.15, 0.2) is 6.61 Å². The van der Waals surface area contributed by atoms with Gasteiger partial charge >= 0.3 is 5.97 Å². The second kappa shape index (κ2) is 11.8. The van der Waals surface area contributed by atoms with E-state index in [1.165, 1.54) is 20.3 Å². The second-order valence-electron chi connectivity index (χ2n) is 6.98. The van der Waals surface area contributed by atoms with E-state index >= 15 is 0 Å². The summed E-state index contributed by atoms with van der Waals surface area (Å²) >= 11 is 6.15. The molecular formula is C26H24ClNO6. The fourth-order valence-electron chi connectivity index (χ4n) is 3.17. The summed E-state index contributed by atoms with van der Waals surface area (Å²) in [5.74, 6) is 0.133. The zero-order valence-electron chi connectivity index (χ0n) is 19.0. The highest BCUT2D eigenvalue weighted by Crippen LogP contribution is 2.35. The standard InChI is InChI=1S/C26H24ClNO6/c1-31-22-12-8-7-11-18(22)13-19(17-9-5-4-6-10-17)26(30)34-16-25(29)28-21-14-20(27)23(32-2)15-24(21)33-3/h4-15H,16H2,1-3H3,(H,28,29)/b19-13+. The average Bonchev–Trinajstić information content (AvgIpc) is 2.86. The molecule has 34 heavy (non-hydrogen) atoms. The summed E-state index contributed by atoms with van der Waals surface area (Å²) in [6.07, 6.45) is 1.67. The summed E-state index contributed by atoms with van der Waals surface area (Å²) in [7, 11) is 4.48. The first-order chi connectivity index (χ1) is 16.5. The Hall–Kier alpha value is -3.97. The van der Waals surface area contributed by atoms with E-state index in [1.54, 1.807) is 37.5 Å². The topological polar surface area (TPSA) is 83.1 Å². The van der Waals surface area contributed by atoms with Gasteiger partial charge in [0.2, 0.25) is 0 Å². The van der Waals surface area contributed by atoms with Crippen LogP contribution in [0.25, 0.3) is 11.6 Å². The molecule has 0 heterocycles. The third-order valence-electron chi connectivity index (χ3n) is 4.83. The Morgan fingerprint density at radius 3 is 2.18 bits per heavy atom. The van der Waals surface area contributed by atoms with Crippen LogP contribution in [-0.4, -0.2) is 39.8 Å². The van der Waals surface area contributed by atoms with E-state index in [4.69, 9.17) is 30.5 Å². The van der Waals surface area contributed by atoms with E-state index < -0.39 is 18.5 Å². The van der Waals surface area contributed by atoms with Crippen LogP contribution in [0.1, 0.15) is 11.1 Å². The van der Waals surface area contributed by atoms with Gasteiger partial charge in [0, 0.05) is 11.6 Å². The molecule has 8 heteroatoms. The Morgan fingerprint density at radius 2 is 1.50 bits per heavy atom. The molecule has 0 saturated heterocycles. The van der Waals surface area contributed by atoms with Gasteiger partial charge in [-0.2, -0.15) is 0 Å². The maximum Gasteiger partial charge on any atom is 0.339 e. The van der Waals surface area contributed by atoms with Crippen LogP contribution < -0.4 is 19.5 Å². The highest BCUT2D eigenvalue weighted by molar-refractivity contribution is 6.32. The minimum absolute atomic E-state index is 0.281. The van der Waals surface area contributed by atoms with E-state index in [0.29, 0.717) is 39.1 Å². The monoisotopic (exact) mass is 481 g/mol. The highest BCUT2D eigenvalue weighted by atomic mass is 35.5. The van der Waals surface area contributed by atoms with E-state index in [0.717, 1.165) is 0 Å². The second-order valence-corrected chi connectivity index (χ2v) is 7.38. The van der Waals surface area contributed by atoms with E-state index in [2.05, 4.69) is 5.32 Å². The first-order valence-electron chi connectivity index (χ1n) is 10.3. The maximum atomic E-state index is 13.0. The first kappa shape index (κ1) is 24.7. The molecule has 1 amide bonds. The number of carbonyl (C=O) groups is 2. The zero-order chi connectivity index (χ0) is 24.5. The molecular weight excluding hydrogens is 458 g/mol. The van der Waals surface area contributed by atoms with Crippen LogP contribution in [0.4, 0.5) is 5.69 Å². The van der Waals surface area contributed by atoms with E-state index in [9.17, 15) is 9.59 Å².